The fourth-order valence-corrected chi connectivity index (χ4v) is 4.41. The van der Waals surface area contributed by atoms with Crippen LogP contribution in [0.5, 0.6) is 0 Å². The summed E-state index contributed by atoms with van der Waals surface area (Å²) < 4.78 is 25.5. The van der Waals surface area contributed by atoms with Gasteiger partial charge in [0.25, 0.3) is 10.0 Å². The average Bonchev–Trinajstić information content (AvgIpc) is 2.47. The smallest absolute Gasteiger partial charge is 0.308 e. The summed E-state index contributed by atoms with van der Waals surface area (Å²) in [6, 6.07) is 3.04. The number of carboxylic acid groups (broad SMARTS) is 1. The number of carboxylic acids is 1. The predicted octanol–water partition coefficient (Wildman–Crippen LogP) is 0.770. The van der Waals surface area contributed by atoms with Crippen molar-refractivity contribution in [2.45, 2.75) is 17.1 Å². The number of aliphatic carboxylic acids is 1. The number of carbonyl (C=O) groups is 1. The van der Waals surface area contributed by atoms with Gasteiger partial charge in [0.1, 0.15) is 4.21 Å². The molecule has 0 unspecified atom stereocenters. The molecule has 2 heterocycles. The topological polar surface area (TPSA) is 74.7 Å². The van der Waals surface area contributed by atoms with Crippen molar-refractivity contribution < 1.29 is 18.3 Å². The molecule has 1 saturated heterocycles. The average molecular weight is 261 g/mol. The highest BCUT2D eigenvalue weighted by Gasteiger charge is 2.30. The Bertz CT molecular complexity index is 501. The summed E-state index contributed by atoms with van der Waals surface area (Å²) in [5.41, 5.74) is 0. The van der Waals surface area contributed by atoms with Crippen molar-refractivity contribution in [3.8, 4) is 0 Å². The van der Waals surface area contributed by atoms with E-state index in [9.17, 15) is 13.2 Å². The molecule has 0 amide bonds. The fraction of sp³-hybridized carbons (Fsp3) is 0.444. The molecule has 1 fully saturated rings. The van der Waals surface area contributed by atoms with Crippen LogP contribution in [0.25, 0.3) is 0 Å². The second-order valence-corrected chi connectivity index (χ2v) is 6.88. The molecular weight excluding hydrogens is 250 g/mol. The van der Waals surface area contributed by atoms with E-state index >= 15 is 0 Å². The lowest BCUT2D eigenvalue weighted by molar-refractivity contribution is -0.136. The molecule has 1 aliphatic heterocycles. The van der Waals surface area contributed by atoms with Crippen molar-refractivity contribution >= 4 is 27.3 Å². The van der Waals surface area contributed by atoms with Gasteiger partial charge >= 0.3 is 5.97 Å². The first kappa shape index (κ1) is 11.6. The second-order valence-electron chi connectivity index (χ2n) is 3.55. The summed E-state index contributed by atoms with van der Waals surface area (Å²) in [4.78, 5) is 11.0. The quantitative estimate of drug-likeness (QED) is 0.868. The normalized spacial score (nSPS) is 17.0. The highest BCUT2D eigenvalue weighted by atomic mass is 32.2. The largest absolute Gasteiger partial charge is 0.481 e. The zero-order valence-electron chi connectivity index (χ0n) is 8.42. The highest BCUT2D eigenvalue weighted by molar-refractivity contribution is 7.91. The molecule has 0 spiro atoms. The summed E-state index contributed by atoms with van der Waals surface area (Å²) in [5, 5.41) is 8.59. The summed E-state index contributed by atoms with van der Waals surface area (Å²) in [6.45, 7) is 1.13. The molecule has 0 aliphatic carbocycles. The SMILES string of the molecule is O=C(O)Cc1ccc(S(=O)(=O)N2CCC2)s1. The van der Waals surface area contributed by atoms with Crippen LogP contribution >= 0.6 is 11.3 Å². The molecule has 5 nitrogen and oxygen atoms in total. The second kappa shape index (κ2) is 4.15. The third kappa shape index (κ3) is 2.11. The van der Waals surface area contributed by atoms with Crippen molar-refractivity contribution in [3.05, 3.63) is 17.0 Å². The Balaban J connectivity index is 2.20. The number of nitrogens with zero attached hydrogens (tertiary/aromatic N) is 1. The lowest BCUT2D eigenvalue weighted by Gasteiger charge is -2.28. The molecule has 1 N–H and O–H groups in total. The number of sulfonamides is 1. The van der Waals surface area contributed by atoms with Gasteiger partial charge in [0.05, 0.1) is 6.42 Å². The minimum Gasteiger partial charge on any atom is -0.481 e. The van der Waals surface area contributed by atoms with Gasteiger partial charge in [-0.25, -0.2) is 8.42 Å². The molecule has 0 atom stereocenters. The molecule has 16 heavy (non-hydrogen) atoms. The van der Waals surface area contributed by atoms with Gasteiger partial charge < -0.3 is 5.11 Å². The number of thiophene rings is 1. The van der Waals surface area contributed by atoms with Crippen LogP contribution in [0.1, 0.15) is 11.3 Å². The van der Waals surface area contributed by atoms with Crippen molar-refractivity contribution in [2.24, 2.45) is 0 Å². The predicted molar refractivity (Wildman–Crippen MR) is 59.0 cm³/mol. The first-order chi connectivity index (χ1) is 7.50. The molecule has 0 aromatic carbocycles. The summed E-state index contributed by atoms with van der Waals surface area (Å²) in [6.07, 6.45) is 0.771. The Morgan fingerprint density at radius 3 is 2.62 bits per heavy atom. The first-order valence-corrected chi connectivity index (χ1v) is 7.06. The van der Waals surface area contributed by atoms with Crippen molar-refractivity contribution in [1.29, 1.82) is 0 Å². The Morgan fingerprint density at radius 2 is 2.12 bits per heavy atom. The van der Waals surface area contributed by atoms with Crippen LogP contribution in [0.3, 0.4) is 0 Å². The van der Waals surface area contributed by atoms with Gasteiger partial charge in [-0.3, -0.25) is 4.79 Å². The zero-order chi connectivity index (χ0) is 11.8. The number of hydrogen-bond acceptors (Lipinski definition) is 4. The van der Waals surface area contributed by atoms with Gasteiger partial charge in [-0.05, 0) is 18.6 Å². The van der Waals surface area contributed by atoms with Gasteiger partial charge in [0, 0.05) is 18.0 Å². The number of hydrogen-bond donors (Lipinski definition) is 1. The van der Waals surface area contributed by atoms with Crippen molar-refractivity contribution in [3.63, 3.8) is 0 Å². The molecule has 2 rings (SSSR count). The van der Waals surface area contributed by atoms with Crippen LogP contribution in [-0.4, -0.2) is 36.9 Å². The molecule has 0 bridgehead atoms. The standard InChI is InChI=1S/C9H11NO4S2/c11-8(12)6-7-2-3-9(15-7)16(13,14)10-4-1-5-10/h2-3H,1,4-6H2,(H,11,12). The molecule has 0 saturated carbocycles. The molecule has 7 heteroatoms. The van der Waals surface area contributed by atoms with Crippen LogP contribution in [0, 0.1) is 0 Å². The van der Waals surface area contributed by atoms with E-state index in [2.05, 4.69) is 0 Å². The first-order valence-electron chi connectivity index (χ1n) is 4.81. The van der Waals surface area contributed by atoms with Crippen LogP contribution in [0.4, 0.5) is 0 Å². The monoisotopic (exact) mass is 261 g/mol. The molecular formula is C9H11NO4S2. The third-order valence-corrected chi connectivity index (χ3v) is 5.82. The van der Waals surface area contributed by atoms with Gasteiger partial charge in [0.2, 0.25) is 0 Å². The number of rotatable bonds is 4. The zero-order valence-corrected chi connectivity index (χ0v) is 10.1. The lowest BCUT2D eigenvalue weighted by atomic mass is 10.3. The highest BCUT2D eigenvalue weighted by Crippen LogP contribution is 2.27. The minimum atomic E-state index is -3.36. The Morgan fingerprint density at radius 1 is 1.44 bits per heavy atom. The van der Waals surface area contributed by atoms with E-state index in [-0.39, 0.29) is 10.6 Å². The minimum absolute atomic E-state index is 0.125. The maximum Gasteiger partial charge on any atom is 0.308 e. The fourth-order valence-electron chi connectivity index (χ4n) is 1.40. The van der Waals surface area contributed by atoms with Crippen LogP contribution < -0.4 is 0 Å². The van der Waals surface area contributed by atoms with E-state index in [1.165, 1.54) is 10.4 Å². The third-order valence-electron chi connectivity index (χ3n) is 2.37. The molecule has 1 aromatic heterocycles. The Hall–Kier alpha value is -0.920. The van der Waals surface area contributed by atoms with E-state index in [0.29, 0.717) is 18.0 Å². The van der Waals surface area contributed by atoms with Crippen LogP contribution in [-0.2, 0) is 21.2 Å². The summed E-state index contributed by atoms with van der Waals surface area (Å²) in [5.74, 6) is -0.949. The van der Waals surface area contributed by atoms with E-state index < -0.39 is 16.0 Å². The van der Waals surface area contributed by atoms with Crippen molar-refractivity contribution in [2.75, 3.05) is 13.1 Å². The van der Waals surface area contributed by atoms with E-state index in [1.54, 1.807) is 6.07 Å². The summed E-state index contributed by atoms with van der Waals surface area (Å²) >= 11 is 1.04. The van der Waals surface area contributed by atoms with E-state index in [1.807, 2.05) is 0 Å². The van der Waals surface area contributed by atoms with Gasteiger partial charge in [-0.2, -0.15) is 4.31 Å². The maximum absolute atomic E-state index is 11.9. The Labute approximate surface area is 97.4 Å². The Kier molecular flexibility index (Phi) is 3.00. The van der Waals surface area contributed by atoms with Crippen LogP contribution in [0.15, 0.2) is 16.3 Å². The molecule has 1 aromatic rings. The van der Waals surface area contributed by atoms with Gasteiger partial charge in [-0.1, -0.05) is 0 Å². The molecule has 88 valence electrons. The van der Waals surface area contributed by atoms with Crippen molar-refractivity contribution in [1.82, 2.24) is 4.31 Å². The van der Waals surface area contributed by atoms with Gasteiger partial charge in [0.15, 0.2) is 0 Å². The molecule has 1 aliphatic rings. The summed E-state index contributed by atoms with van der Waals surface area (Å²) in [7, 11) is -3.36. The maximum atomic E-state index is 11.9. The van der Waals surface area contributed by atoms with E-state index in [0.717, 1.165) is 17.8 Å². The van der Waals surface area contributed by atoms with Crippen LogP contribution in [0.2, 0.25) is 0 Å². The van der Waals surface area contributed by atoms with E-state index in [4.69, 9.17) is 5.11 Å². The lowest BCUT2D eigenvalue weighted by Crippen LogP contribution is -2.41. The molecule has 0 radical (unpaired) electrons. The van der Waals surface area contributed by atoms with Gasteiger partial charge in [-0.15, -0.1) is 11.3 Å².